The van der Waals surface area contributed by atoms with E-state index >= 15 is 0 Å². The lowest BCUT2D eigenvalue weighted by molar-refractivity contribution is 0.496. The molecule has 0 amide bonds. The van der Waals surface area contributed by atoms with Gasteiger partial charge >= 0.3 is 0 Å². The van der Waals surface area contributed by atoms with Crippen LogP contribution in [-0.2, 0) is 9.84 Å². The molecule has 0 aliphatic heterocycles. The van der Waals surface area contributed by atoms with Gasteiger partial charge in [0.05, 0.1) is 5.75 Å². The van der Waals surface area contributed by atoms with Crippen molar-refractivity contribution in [3.05, 3.63) is 0 Å². The molecule has 0 aliphatic carbocycles. The van der Waals surface area contributed by atoms with Crippen molar-refractivity contribution in [2.24, 2.45) is 5.73 Å². The molecule has 3 nitrogen and oxygen atoms in total. The molecule has 4 heteroatoms. The molecule has 0 unspecified atom stereocenters. The van der Waals surface area contributed by atoms with Crippen molar-refractivity contribution in [3.8, 4) is 0 Å². The summed E-state index contributed by atoms with van der Waals surface area (Å²) in [6.07, 6.45) is 0.531. The maximum absolute atomic E-state index is 11.0. The Kier molecular flexibility index (Phi) is 3.51. The highest BCUT2D eigenvalue weighted by molar-refractivity contribution is 7.91. The summed E-state index contributed by atoms with van der Waals surface area (Å²) >= 11 is 0. The lowest BCUT2D eigenvalue weighted by Crippen LogP contribution is -2.34. The zero-order valence-corrected chi connectivity index (χ0v) is 8.24. The Morgan fingerprint density at radius 1 is 1.36 bits per heavy atom. The SMILES string of the molecule is CCS(=O)(=O)CCC(C)(C)N. The Morgan fingerprint density at radius 2 is 1.82 bits per heavy atom. The number of sulfone groups is 1. The quantitative estimate of drug-likeness (QED) is 0.685. The van der Waals surface area contributed by atoms with Crippen molar-refractivity contribution < 1.29 is 8.42 Å². The second-order valence-electron chi connectivity index (χ2n) is 3.47. The van der Waals surface area contributed by atoms with Gasteiger partial charge in [-0.3, -0.25) is 0 Å². The molecule has 11 heavy (non-hydrogen) atoms. The molecule has 0 aromatic rings. The highest BCUT2D eigenvalue weighted by Crippen LogP contribution is 2.05. The Bertz CT molecular complexity index is 201. The van der Waals surface area contributed by atoms with Crippen molar-refractivity contribution in [2.75, 3.05) is 11.5 Å². The lowest BCUT2D eigenvalue weighted by Gasteiger charge is -2.17. The molecule has 2 N–H and O–H groups in total. The van der Waals surface area contributed by atoms with Gasteiger partial charge in [0.2, 0.25) is 0 Å². The monoisotopic (exact) mass is 179 g/mol. The number of hydrogen-bond acceptors (Lipinski definition) is 3. The molecule has 0 bridgehead atoms. The van der Waals surface area contributed by atoms with Crippen LogP contribution in [0.4, 0.5) is 0 Å². The second-order valence-corrected chi connectivity index (χ2v) is 5.95. The van der Waals surface area contributed by atoms with Crippen LogP contribution in [0, 0.1) is 0 Å². The summed E-state index contributed by atoms with van der Waals surface area (Å²) in [6, 6.07) is 0. The zero-order valence-electron chi connectivity index (χ0n) is 7.42. The van der Waals surface area contributed by atoms with Gasteiger partial charge in [0.1, 0.15) is 9.84 Å². The van der Waals surface area contributed by atoms with Crippen LogP contribution in [0.25, 0.3) is 0 Å². The molecule has 68 valence electrons. The fourth-order valence-electron chi connectivity index (χ4n) is 0.563. The third-order valence-corrected chi connectivity index (χ3v) is 3.20. The largest absolute Gasteiger partial charge is 0.326 e. The molecule has 0 aromatic carbocycles. The molecule has 0 saturated carbocycles. The average molecular weight is 179 g/mol. The van der Waals surface area contributed by atoms with Gasteiger partial charge in [-0.15, -0.1) is 0 Å². The molecule has 0 radical (unpaired) electrons. The summed E-state index contributed by atoms with van der Waals surface area (Å²) in [5.41, 5.74) is 5.26. The number of rotatable bonds is 4. The summed E-state index contributed by atoms with van der Waals surface area (Å²) in [6.45, 7) is 5.31. The summed E-state index contributed by atoms with van der Waals surface area (Å²) in [7, 11) is -2.83. The van der Waals surface area contributed by atoms with Gasteiger partial charge < -0.3 is 5.73 Å². The maximum Gasteiger partial charge on any atom is 0.150 e. The molecular weight excluding hydrogens is 162 g/mol. The first-order chi connectivity index (χ1) is 4.77. The predicted octanol–water partition coefficient (Wildman–Crippen LogP) is 0.549. The molecule has 0 heterocycles. The van der Waals surface area contributed by atoms with Crippen molar-refractivity contribution in [1.82, 2.24) is 0 Å². The minimum absolute atomic E-state index is 0.201. The van der Waals surface area contributed by atoms with E-state index < -0.39 is 9.84 Å². The van der Waals surface area contributed by atoms with E-state index in [1.54, 1.807) is 6.92 Å². The van der Waals surface area contributed by atoms with Gasteiger partial charge in [-0.05, 0) is 20.3 Å². The van der Waals surface area contributed by atoms with E-state index in [9.17, 15) is 8.42 Å². The Labute approximate surface area is 68.9 Å². The minimum atomic E-state index is -2.83. The first kappa shape index (κ1) is 10.9. The first-order valence-electron chi connectivity index (χ1n) is 3.76. The number of nitrogens with two attached hydrogens (primary N) is 1. The van der Waals surface area contributed by atoms with Crippen LogP contribution in [0.2, 0.25) is 0 Å². The van der Waals surface area contributed by atoms with E-state index in [2.05, 4.69) is 0 Å². The van der Waals surface area contributed by atoms with Gasteiger partial charge in [0.15, 0.2) is 0 Å². The molecule has 0 aliphatic rings. The topological polar surface area (TPSA) is 60.2 Å². The fourth-order valence-corrected chi connectivity index (χ4v) is 1.69. The van der Waals surface area contributed by atoms with E-state index in [0.29, 0.717) is 6.42 Å². The van der Waals surface area contributed by atoms with E-state index in [-0.39, 0.29) is 17.0 Å². The van der Waals surface area contributed by atoms with Gasteiger partial charge in [0.25, 0.3) is 0 Å². The van der Waals surface area contributed by atoms with Crippen LogP contribution >= 0.6 is 0 Å². The molecule has 0 atom stereocenters. The lowest BCUT2D eigenvalue weighted by atomic mass is 10.0. The summed E-state index contributed by atoms with van der Waals surface area (Å²) < 4.78 is 22.0. The highest BCUT2D eigenvalue weighted by Gasteiger charge is 2.15. The zero-order chi connectivity index (χ0) is 9.12. The van der Waals surface area contributed by atoms with Crippen LogP contribution in [0.15, 0.2) is 0 Å². The van der Waals surface area contributed by atoms with Crippen molar-refractivity contribution in [2.45, 2.75) is 32.7 Å². The van der Waals surface area contributed by atoms with Gasteiger partial charge in [-0.2, -0.15) is 0 Å². The molecule has 0 rings (SSSR count). The molecule has 0 saturated heterocycles. The Morgan fingerprint density at radius 3 is 2.09 bits per heavy atom. The normalized spacial score (nSPS) is 13.5. The highest BCUT2D eigenvalue weighted by atomic mass is 32.2. The van der Waals surface area contributed by atoms with Crippen molar-refractivity contribution in [1.29, 1.82) is 0 Å². The van der Waals surface area contributed by atoms with Crippen LogP contribution in [-0.4, -0.2) is 25.5 Å². The Balaban J connectivity index is 3.91. The Hall–Kier alpha value is -0.0900. The van der Waals surface area contributed by atoms with Crippen LogP contribution in [0.1, 0.15) is 27.2 Å². The second kappa shape index (κ2) is 3.54. The van der Waals surface area contributed by atoms with E-state index in [0.717, 1.165) is 0 Å². The summed E-state index contributed by atoms with van der Waals surface area (Å²) in [5.74, 6) is 0.413. The third kappa shape index (κ3) is 6.31. The third-order valence-electron chi connectivity index (χ3n) is 1.50. The van der Waals surface area contributed by atoms with E-state index in [1.807, 2.05) is 13.8 Å². The fraction of sp³-hybridized carbons (Fsp3) is 1.00. The van der Waals surface area contributed by atoms with E-state index in [1.165, 1.54) is 0 Å². The molecule has 0 spiro atoms. The van der Waals surface area contributed by atoms with Crippen molar-refractivity contribution >= 4 is 9.84 Å². The first-order valence-corrected chi connectivity index (χ1v) is 5.58. The predicted molar refractivity (Wildman–Crippen MR) is 47.2 cm³/mol. The summed E-state index contributed by atoms with van der Waals surface area (Å²) in [5, 5.41) is 0. The molecule has 0 fully saturated rings. The molecular formula is C7H17NO2S. The van der Waals surface area contributed by atoms with Gasteiger partial charge in [-0.1, -0.05) is 6.92 Å². The smallest absolute Gasteiger partial charge is 0.150 e. The van der Waals surface area contributed by atoms with E-state index in [4.69, 9.17) is 5.73 Å². The van der Waals surface area contributed by atoms with Crippen LogP contribution < -0.4 is 5.73 Å². The maximum atomic E-state index is 11.0. The van der Waals surface area contributed by atoms with Crippen LogP contribution in [0.5, 0.6) is 0 Å². The van der Waals surface area contributed by atoms with Gasteiger partial charge in [-0.25, -0.2) is 8.42 Å². The van der Waals surface area contributed by atoms with Crippen molar-refractivity contribution in [3.63, 3.8) is 0 Å². The van der Waals surface area contributed by atoms with Gasteiger partial charge in [0, 0.05) is 11.3 Å². The summed E-state index contributed by atoms with van der Waals surface area (Å²) in [4.78, 5) is 0. The minimum Gasteiger partial charge on any atom is -0.326 e. The average Bonchev–Trinajstić information content (AvgIpc) is 1.83. The number of hydrogen-bond donors (Lipinski definition) is 1. The standard InChI is InChI=1S/C7H17NO2S/c1-4-11(9,10)6-5-7(2,3)8/h4-6,8H2,1-3H3. The van der Waals surface area contributed by atoms with Crippen LogP contribution in [0.3, 0.4) is 0 Å². The molecule has 0 aromatic heterocycles.